The average Bonchev–Trinajstić information content (AvgIpc) is 2.98. The molecule has 3 amide bonds. The summed E-state index contributed by atoms with van der Waals surface area (Å²) < 4.78 is 5.02. The lowest BCUT2D eigenvalue weighted by molar-refractivity contribution is -0.159. The van der Waals surface area contributed by atoms with E-state index >= 15 is 0 Å². The molecule has 1 aromatic carbocycles. The van der Waals surface area contributed by atoms with E-state index in [9.17, 15) is 19.2 Å². The molecule has 3 rings (SSSR count). The van der Waals surface area contributed by atoms with Gasteiger partial charge in [0.25, 0.3) is 5.91 Å². The van der Waals surface area contributed by atoms with Gasteiger partial charge in [-0.15, -0.1) is 0 Å². The number of anilines is 1. The van der Waals surface area contributed by atoms with Crippen LogP contribution in [0.1, 0.15) is 38.2 Å². The van der Waals surface area contributed by atoms with Gasteiger partial charge < -0.3 is 10.1 Å². The van der Waals surface area contributed by atoms with Crippen molar-refractivity contribution in [1.29, 1.82) is 5.26 Å². The number of likely N-dealkylation sites (tertiary alicyclic amines) is 1. The molecule has 3 atom stereocenters. The molecule has 0 spiro atoms. The Morgan fingerprint density at radius 2 is 1.76 bits per heavy atom. The summed E-state index contributed by atoms with van der Waals surface area (Å²) in [5, 5.41) is 11.2. The van der Waals surface area contributed by atoms with Crippen molar-refractivity contribution in [3.63, 3.8) is 0 Å². The maximum absolute atomic E-state index is 12.5. The Morgan fingerprint density at radius 1 is 1.17 bits per heavy atom. The summed E-state index contributed by atoms with van der Waals surface area (Å²) in [4.78, 5) is 50.4. The molecule has 1 N–H and O–H groups in total. The van der Waals surface area contributed by atoms with Crippen LogP contribution in [0.2, 0.25) is 0 Å². The second kappa shape index (κ2) is 8.86. The highest BCUT2D eigenvalue weighted by atomic mass is 16.5. The van der Waals surface area contributed by atoms with Gasteiger partial charge in [-0.05, 0) is 37.5 Å². The Labute approximate surface area is 168 Å². The van der Waals surface area contributed by atoms with E-state index in [1.54, 1.807) is 24.3 Å². The first-order valence-electron chi connectivity index (χ1n) is 9.71. The van der Waals surface area contributed by atoms with Crippen molar-refractivity contribution in [2.24, 2.45) is 11.8 Å². The third-order valence-electron chi connectivity index (χ3n) is 5.47. The van der Waals surface area contributed by atoms with Crippen molar-refractivity contribution >= 4 is 29.4 Å². The highest BCUT2D eigenvalue weighted by molar-refractivity contribution is 6.08. The molecular weight excluding hydrogens is 374 g/mol. The summed E-state index contributed by atoms with van der Waals surface area (Å²) in [6.45, 7) is 0.924. The monoisotopic (exact) mass is 397 g/mol. The predicted octanol–water partition coefficient (Wildman–Crippen LogP) is 1.80. The van der Waals surface area contributed by atoms with Crippen LogP contribution in [0.25, 0.3) is 0 Å². The molecule has 152 valence electrons. The van der Waals surface area contributed by atoms with Gasteiger partial charge in [-0.1, -0.05) is 25.0 Å². The van der Waals surface area contributed by atoms with E-state index < -0.39 is 24.5 Å². The number of nitrogens with one attached hydrogen (secondary N) is 1. The van der Waals surface area contributed by atoms with Crippen molar-refractivity contribution in [1.82, 2.24) is 4.90 Å². The Kier molecular flexibility index (Phi) is 6.27. The minimum Gasteiger partial charge on any atom is -0.454 e. The van der Waals surface area contributed by atoms with Crippen LogP contribution in [0.15, 0.2) is 24.3 Å². The van der Waals surface area contributed by atoms with E-state index in [4.69, 9.17) is 10.00 Å². The lowest BCUT2D eigenvalue weighted by Gasteiger charge is -2.21. The molecule has 1 heterocycles. The third kappa shape index (κ3) is 4.45. The normalized spacial score (nSPS) is 21.9. The van der Waals surface area contributed by atoms with Gasteiger partial charge in [0.2, 0.25) is 11.8 Å². The summed E-state index contributed by atoms with van der Waals surface area (Å²) in [7, 11) is 0. The second-order valence-electron chi connectivity index (χ2n) is 7.41. The molecule has 0 bridgehead atoms. The van der Waals surface area contributed by atoms with Crippen LogP contribution in [0.5, 0.6) is 0 Å². The molecule has 1 saturated heterocycles. The maximum atomic E-state index is 12.5. The quantitative estimate of drug-likeness (QED) is 0.578. The number of fused-ring (bicyclic) bond motifs is 1. The second-order valence-corrected chi connectivity index (χ2v) is 7.41. The van der Waals surface area contributed by atoms with Gasteiger partial charge in [0.15, 0.2) is 6.61 Å². The summed E-state index contributed by atoms with van der Waals surface area (Å²) in [6.07, 6.45) is 3.43. The highest BCUT2D eigenvalue weighted by Gasteiger charge is 2.51. The fourth-order valence-electron chi connectivity index (χ4n) is 3.93. The van der Waals surface area contributed by atoms with Crippen LogP contribution >= 0.6 is 0 Å². The summed E-state index contributed by atoms with van der Waals surface area (Å²) >= 11 is 0. The molecule has 1 aromatic rings. The lowest BCUT2D eigenvalue weighted by Crippen LogP contribution is -2.45. The molecule has 2 aliphatic rings. The first kappa shape index (κ1) is 20.5. The number of amides is 3. The van der Waals surface area contributed by atoms with Crippen LogP contribution < -0.4 is 5.32 Å². The minimum absolute atomic E-state index is 0.277. The zero-order valence-electron chi connectivity index (χ0n) is 16.2. The number of carbonyl (C=O) groups excluding carboxylic acids is 4. The van der Waals surface area contributed by atoms with Crippen LogP contribution in [0.4, 0.5) is 5.69 Å². The van der Waals surface area contributed by atoms with Gasteiger partial charge in [-0.3, -0.25) is 19.3 Å². The van der Waals surface area contributed by atoms with E-state index in [1.165, 1.54) is 6.92 Å². The Hall–Kier alpha value is -3.21. The molecule has 0 unspecified atom stereocenters. The Balaban J connectivity index is 1.52. The van der Waals surface area contributed by atoms with Crippen LogP contribution in [0, 0.1) is 23.2 Å². The van der Waals surface area contributed by atoms with Gasteiger partial charge in [0.1, 0.15) is 6.04 Å². The Morgan fingerprint density at radius 3 is 2.31 bits per heavy atom. The largest absolute Gasteiger partial charge is 0.454 e. The highest BCUT2D eigenvalue weighted by Crippen LogP contribution is 2.38. The molecule has 1 aliphatic heterocycles. The number of ether oxygens (including phenoxy) is 1. The SMILES string of the molecule is C[C@@H](C(=O)OCC(=O)Nc1ccc(CC#N)cc1)N1C(=O)[C@@H]2CCCC[C@H]2C1=O. The zero-order chi connectivity index (χ0) is 21.0. The molecule has 1 aliphatic carbocycles. The zero-order valence-corrected chi connectivity index (χ0v) is 16.2. The number of nitrogens with zero attached hydrogens (tertiary/aromatic N) is 2. The van der Waals surface area contributed by atoms with Gasteiger partial charge in [-0.25, -0.2) is 4.79 Å². The van der Waals surface area contributed by atoms with E-state index in [1.807, 2.05) is 6.07 Å². The van der Waals surface area contributed by atoms with Crippen molar-refractivity contribution in [3.05, 3.63) is 29.8 Å². The first-order valence-corrected chi connectivity index (χ1v) is 9.71. The fraction of sp³-hybridized carbons (Fsp3) is 0.476. The topological polar surface area (TPSA) is 117 Å². The van der Waals surface area contributed by atoms with Gasteiger partial charge >= 0.3 is 5.97 Å². The van der Waals surface area contributed by atoms with Crippen LogP contribution in [0.3, 0.4) is 0 Å². The number of benzene rings is 1. The van der Waals surface area contributed by atoms with Gasteiger partial charge in [0.05, 0.1) is 24.3 Å². The number of hydrogen-bond acceptors (Lipinski definition) is 6. The standard InChI is InChI=1S/C21H23N3O5/c1-13(24-19(26)16-4-2-3-5-17(16)20(24)27)21(28)29-12-18(25)23-15-8-6-14(7-9-15)10-11-22/h6-9,13,16-17H,2-5,10,12H2,1H3,(H,23,25)/t13-,16+,17+/m0/s1. The fourth-order valence-corrected chi connectivity index (χ4v) is 3.93. The third-order valence-corrected chi connectivity index (χ3v) is 5.47. The van der Waals surface area contributed by atoms with Crippen molar-refractivity contribution in [3.8, 4) is 6.07 Å². The lowest BCUT2D eigenvalue weighted by atomic mass is 9.81. The van der Waals surface area contributed by atoms with E-state index in [0.717, 1.165) is 23.3 Å². The molecule has 8 heteroatoms. The van der Waals surface area contributed by atoms with Crippen molar-refractivity contribution in [2.45, 2.75) is 45.1 Å². The number of esters is 1. The minimum atomic E-state index is -1.06. The predicted molar refractivity (Wildman–Crippen MR) is 102 cm³/mol. The summed E-state index contributed by atoms with van der Waals surface area (Å²) in [5.74, 6) is -2.62. The molecule has 29 heavy (non-hydrogen) atoms. The maximum Gasteiger partial charge on any atom is 0.329 e. The Bertz CT molecular complexity index is 834. The molecule has 0 aromatic heterocycles. The average molecular weight is 397 g/mol. The van der Waals surface area contributed by atoms with Crippen molar-refractivity contribution in [2.75, 3.05) is 11.9 Å². The van der Waals surface area contributed by atoms with E-state index in [2.05, 4.69) is 5.32 Å². The van der Waals surface area contributed by atoms with E-state index in [-0.39, 0.29) is 30.1 Å². The first-order chi connectivity index (χ1) is 13.9. The number of rotatable bonds is 6. The molecule has 0 radical (unpaired) electrons. The summed E-state index contributed by atoms with van der Waals surface area (Å²) in [6, 6.07) is 7.72. The van der Waals surface area contributed by atoms with Crippen LogP contribution in [-0.4, -0.2) is 41.2 Å². The molecule has 2 fully saturated rings. The number of imide groups is 1. The van der Waals surface area contributed by atoms with Crippen LogP contribution in [-0.2, 0) is 30.3 Å². The number of nitriles is 1. The van der Waals surface area contributed by atoms with E-state index in [0.29, 0.717) is 18.5 Å². The smallest absolute Gasteiger partial charge is 0.329 e. The van der Waals surface area contributed by atoms with Crippen molar-refractivity contribution < 1.29 is 23.9 Å². The summed E-state index contributed by atoms with van der Waals surface area (Å²) in [5.41, 5.74) is 1.33. The number of carbonyl (C=O) groups is 4. The molecular formula is C21H23N3O5. The molecule has 1 saturated carbocycles. The number of hydrogen-bond donors (Lipinski definition) is 1. The van der Waals surface area contributed by atoms with Gasteiger partial charge in [-0.2, -0.15) is 5.26 Å². The molecule has 8 nitrogen and oxygen atoms in total. The van der Waals surface area contributed by atoms with Gasteiger partial charge in [0, 0.05) is 5.69 Å².